The second kappa shape index (κ2) is 4.18. The van der Waals surface area contributed by atoms with Crippen LogP contribution in [0.15, 0.2) is 12.4 Å². The molecule has 0 aliphatic heterocycles. The molecule has 0 aliphatic carbocycles. The SMILES string of the molecule is Cc1ncc(Cn2cc(Cl)c([N+](=O)[O-])n2)s1. The zero-order valence-corrected chi connectivity index (χ0v) is 9.83. The molecule has 0 fully saturated rings. The normalized spacial score (nSPS) is 10.6. The molecule has 2 rings (SSSR count). The minimum Gasteiger partial charge on any atom is -0.358 e. The fourth-order valence-electron chi connectivity index (χ4n) is 1.23. The maximum absolute atomic E-state index is 10.5. The van der Waals surface area contributed by atoms with Crippen molar-refractivity contribution >= 4 is 28.8 Å². The van der Waals surface area contributed by atoms with Crippen molar-refractivity contribution in [3.8, 4) is 0 Å². The van der Waals surface area contributed by atoms with Gasteiger partial charge in [-0.15, -0.1) is 11.3 Å². The van der Waals surface area contributed by atoms with E-state index in [1.54, 1.807) is 6.20 Å². The summed E-state index contributed by atoms with van der Waals surface area (Å²) in [4.78, 5) is 15.0. The van der Waals surface area contributed by atoms with E-state index in [9.17, 15) is 10.1 Å². The molecule has 16 heavy (non-hydrogen) atoms. The molecule has 0 aliphatic rings. The van der Waals surface area contributed by atoms with Gasteiger partial charge in [-0.05, 0) is 11.8 Å². The van der Waals surface area contributed by atoms with E-state index in [0.29, 0.717) is 6.54 Å². The molecule has 0 radical (unpaired) electrons. The number of aryl methyl sites for hydroxylation is 1. The van der Waals surface area contributed by atoms with Crippen molar-refractivity contribution in [1.82, 2.24) is 14.8 Å². The zero-order valence-electron chi connectivity index (χ0n) is 8.25. The Bertz CT molecular complexity index is 536. The fraction of sp³-hybridized carbons (Fsp3) is 0.250. The van der Waals surface area contributed by atoms with E-state index in [2.05, 4.69) is 10.1 Å². The smallest absolute Gasteiger partial charge is 0.358 e. The first kappa shape index (κ1) is 11.0. The minimum absolute atomic E-state index is 0.0474. The topological polar surface area (TPSA) is 73.8 Å². The molecule has 0 aromatic carbocycles. The lowest BCUT2D eigenvalue weighted by Crippen LogP contribution is -1.99. The van der Waals surface area contributed by atoms with Crippen molar-refractivity contribution < 1.29 is 4.92 Å². The minimum atomic E-state index is -0.600. The van der Waals surface area contributed by atoms with Gasteiger partial charge in [0.25, 0.3) is 0 Å². The molecule has 2 heterocycles. The number of halogens is 1. The Kier molecular flexibility index (Phi) is 2.88. The first-order valence-electron chi connectivity index (χ1n) is 4.35. The first-order chi connectivity index (χ1) is 7.56. The lowest BCUT2D eigenvalue weighted by molar-refractivity contribution is -0.389. The van der Waals surface area contributed by atoms with Gasteiger partial charge >= 0.3 is 5.82 Å². The van der Waals surface area contributed by atoms with Crippen LogP contribution in [-0.2, 0) is 6.54 Å². The summed E-state index contributed by atoms with van der Waals surface area (Å²) in [6, 6.07) is 0. The van der Waals surface area contributed by atoms with Gasteiger partial charge in [-0.25, -0.2) is 4.98 Å². The van der Waals surface area contributed by atoms with Gasteiger partial charge in [0.05, 0.1) is 22.8 Å². The van der Waals surface area contributed by atoms with E-state index in [1.165, 1.54) is 22.2 Å². The third-order valence-corrected chi connectivity index (χ3v) is 3.02. The Morgan fingerprint density at radius 1 is 1.69 bits per heavy atom. The molecule has 0 saturated carbocycles. The Morgan fingerprint density at radius 3 is 2.94 bits per heavy atom. The molecule has 0 amide bonds. The van der Waals surface area contributed by atoms with Crippen LogP contribution in [0.2, 0.25) is 5.02 Å². The van der Waals surface area contributed by atoms with Crippen molar-refractivity contribution in [2.45, 2.75) is 13.5 Å². The van der Waals surface area contributed by atoms with Crippen molar-refractivity contribution in [3.05, 3.63) is 37.4 Å². The number of thiazole rings is 1. The molecule has 8 heteroatoms. The van der Waals surface area contributed by atoms with Gasteiger partial charge in [0.2, 0.25) is 0 Å². The Balaban J connectivity index is 2.22. The van der Waals surface area contributed by atoms with Crippen LogP contribution in [0.5, 0.6) is 0 Å². The predicted octanol–water partition coefficient (Wildman–Crippen LogP) is 2.26. The molecule has 0 unspecified atom stereocenters. The second-order valence-electron chi connectivity index (χ2n) is 3.10. The van der Waals surface area contributed by atoms with Crippen LogP contribution < -0.4 is 0 Å². The van der Waals surface area contributed by atoms with Crippen LogP contribution in [0.1, 0.15) is 9.88 Å². The number of nitrogens with zero attached hydrogens (tertiary/aromatic N) is 4. The maximum atomic E-state index is 10.5. The number of hydrogen-bond acceptors (Lipinski definition) is 5. The van der Waals surface area contributed by atoms with Gasteiger partial charge in [0, 0.05) is 11.1 Å². The van der Waals surface area contributed by atoms with Gasteiger partial charge in [-0.3, -0.25) is 0 Å². The lowest BCUT2D eigenvalue weighted by Gasteiger charge is -1.90. The quantitative estimate of drug-likeness (QED) is 0.625. The molecule has 0 saturated heterocycles. The first-order valence-corrected chi connectivity index (χ1v) is 5.54. The van der Waals surface area contributed by atoms with Crippen LogP contribution in [-0.4, -0.2) is 19.7 Å². The highest BCUT2D eigenvalue weighted by molar-refractivity contribution is 7.11. The lowest BCUT2D eigenvalue weighted by atomic mass is 10.5. The largest absolute Gasteiger partial charge is 0.408 e. The Labute approximate surface area is 99.6 Å². The molecule has 84 valence electrons. The summed E-state index contributed by atoms with van der Waals surface area (Å²) >= 11 is 7.20. The summed E-state index contributed by atoms with van der Waals surface area (Å²) in [6.45, 7) is 2.34. The Hall–Kier alpha value is -1.47. The van der Waals surface area contributed by atoms with Crippen LogP contribution in [0.3, 0.4) is 0 Å². The summed E-state index contributed by atoms with van der Waals surface area (Å²) in [5.74, 6) is -0.317. The van der Waals surface area contributed by atoms with E-state index in [0.717, 1.165) is 9.88 Å². The van der Waals surface area contributed by atoms with Gasteiger partial charge < -0.3 is 10.1 Å². The summed E-state index contributed by atoms with van der Waals surface area (Å²) in [5, 5.41) is 15.3. The predicted molar refractivity (Wildman–Crippen MR) is 59.8 cm³/mol. The van der Waals surface area contributed by atoms with Gasteiger partial charge in [-0.2, -0.15) is 4.68 Å². The number of aromatic nitrogens is 3. The monoisotopic (exact) mass is 258 g/mol. The molecule has 0 spiro atoms. The number of rotatable bonds is 3. The highest BCUT2D eigenvalue weighted by atomic mass is 35.5. The summed E-state index contributed by atoms with van der Waals surface area (Å²) in [5.41, 5.74) is 0. The maximum Gasteiger partial charge on any atom is 0.408 e. The summed E-state index contributed by atoms with van der Waals surface area (Å²) in [7, 11) is 0. The van der Waals surface area contributed by atoms with Crippen LogP contribution in [0.4, 0.5) is 5.82 Å². The highest BCUT2D eigenvalue weighted by Gasteiger charge is 2.19. The fourth-order valence-corrected chi connectivity index (χ4v) is 2.24. The average Bonchev–Trinajstić information content (AvgIpc) is 2.73. The molecular formula is C8H7ClN4O2S. The standard InChI is InChI=1S/C8H7ClN4O2S/c1-5-10-2-6(16-5)3-12-4-7(9)8(11-12)13(14)15/h2,4H,3H2,1H3. The molecule has 2 aromatic heterocycles. The zero-order chi connectivity index (χ0) is 11.7. The van der Waals surface area contributed by atoms with E-state index in [4.69, 9.17) is 11.6 Å². The number of hydrogen-bond donors (Lipinski definition) is 0. The molecule has 6 nitrogen and oxygen atoms in total. The van der Waals surface area contributed by atoms with Crippen LogP contribution >= 0.6 is 22.9 Å². The third kappa shape index (κ3) is 2.20. The van der Waals surface area contributed by atoms with Crippen molar-refractivity contribution in [2.24, 2.45) is 0 Å². The summed E-state index contributed by atoms with van der Waals surface area (Å²) in [6.07, 6.45) is 3.16. The van der Waals surface area contributed by atoms with Crippen molar-refractivity contribution in [2.75, 3.05) is 0 Å². The van der Waals surface area contributed by atoms with E-state index in [1.807, 2.05) is 6.92 Å². The van der Waals surface area contributed by atoms with Gasteiger partial charge in [-0.1, -0.05) is 11.6 Å². The molecule has 0 N–H and O–H groups in total. The second-order valence-corrected chi connectivity index (χ2v) is 4.83. The van der Waals surface area contributed by atoms with Crippen molar-refractivity contribution in [3.63, 3.8) is 0 Å². The van der Waals surface area contributed by atoms with Crippen LogP contribution in [0, 0.1) is 17.0 Å². The van der Waals surface area contributed by atoms with E-state index >= 15 is 0 Å². The van der Waals surface area contributed by atoms with E-state index < -0.39 is 4.92 Å². The molecule has 2 aromatic rings. The van der Waals surface area contributed by atoms with Crippen LogP contribution in [0.25, 0.3) is 0 Å². The summed E-state index contributed by atoms with van der Waals surface area (Å²) < 4.78 is 1.44. The number of nitro groups is 1. The van der Waals surface area contributed by atoms with Crippen molar-refractivity contribution in [1.29, 1.82) is 0 Å². The van der Waals surface area contributed by atoms with E-state index in [-0.39, 0.29) is 10.8 Å². The molecule has 0 atom stereocenters. The highest BCUT2D eigenvalue weighted by Crippen LogP contribution is 2.22. The Morgan fingerprint density at radius 2 is 2.44 bits per heavy atom. The molecule has 0 bridgehead atoms. The third-order valence-electron chi connectivity index (χ3n) is 1.86. The average molecular weight is 259 g/mol. The molecular weight excluding hydrogens is 252 g/mol. The van der Waals surface area contributed by atoms with Gasteiger partial charge in [0.1, 0.15) is 0 Å². The van der Waals surface area contributed by atoms with Gasteiger partial charge in [0.15, 0.2) is 5.02 Å².